The molecule has 5 N–H and O–H groups in total. The molecule has 0 aliphatic rings. The van der Waals surface area contributed by atoms with Crippen LogP contribution in [0.5, 0.6) is 0 Å². The highest BCUT2D eigenvalue weighted by atomic mass is 19.1. The van der Waals surface area contributed by atoms with Gasteiger partial charge in [0.15, 0.2) is 0 Å². The molecule has 0 atom stereocenters. The molecule has 2 aromatic rings. The van der Waals surface area contributed by atoms with Gasteiger partial charge >= 0.3 is 0 Å². The molecule has 0 fully saturated rings. The second-order valence-corrected chi connectivity index (χ2v) is 4.16. The summed E-state index contributed by atoms with van der Waals surface area (Å²) < 4.78 is 12.7. The molecular formula is C14H14FN3O. The van der Waals surface area contributed by atoms with Crippen LogP contribution in [-0.4, -0.2) is 5.91 Å². The van der Waals surface area contributed by atoms with Crippen molar-refractivity contribution >= 4 is 17.3 Å². The third kappa shape index (κ3) is 3.22. The van der Waals surface area contributed by atoms with Crippen LogP contribution in [0.1, 0.15) is 15.9 Å². The van der Waals surface area contributed by atoms with Crippen LogP contribution in [0.2, 0.25) is 0 Å². The Labute approximate surface area is 110 Å². The van der Waals surface area contributed by atoms with E-state index in [2.05, 4.69) is 5.32 Å². The van der Waals surface area contributed by atoms with Crippen LogP contribution < -0.4 is 16.8 Å². The van der Waals surface area contributed by atoms with Crippen LogP contribution in [0, 0.1) is 5.82 Å². The van der Waals surface area contributed by atoms with Crippen molar-refractivity contribution in [2.75, 3.05) is 11.5 Å². The molecule has 4 nitrogen and oxygen atoms in total. The van der Waals surface area contributed by atoms with Gasteiger partial charge in [0, 0.05) is 17.9 Å². The molecule has 1 amide bonds. The number of benzene rings is 2. The van der Waals surface area contributed by atoms with Gasteiger partial charge in [0.1, 0.15) is 5.82 Å². The van der Waals surface area contributed by atoms with E-state index >= 15 is 0 Å². The van der Waals surface area contributed by atoms with Crippen LogP contribution in [0.3, 0.4) is 0 Å². The summed E-state index contributed by atoms with van der Waals surface area (Å²) in [6.45, 7) is 0.308. The van der Waals surface area contributed by atoms with Crippen molar-refractivity contribution in [1.82, 2.24) is 5.32 Å². The van der Waals surface area contributed by atoms with Gasteiger partial charge in [0.2, 0.25) is 0 Å². The quantitative estimate of drug-likeness (QED) is 0.736. The Balaban J connectivity index is 2.03. The predicted molar refractivity (Wildman–Crippen MR) is 72.8 cm³/mol. The fourth-order valence-corrected chi connectivity index (χ4v) is 1.67. The summed E-state index contributed by atoms with van der Waals surface area (Å²) in [5, 5.41) is 2.71. The first kappa shape index (κ1) is 12.9. The number of hydrogen-bond donors (Lipinski definition) is 3. The summed E-state index contributed by atoms with van der Waals surface area (Å²) in [5.74, 6) is -0.598. The first-order valence-electron chi connectivity index (χ1n) is 5.74. The number of nitrogens with one attached hydrogen (secondary N) is 1. The molecule has 0 aromatic heterocycles. The summed E-state index contributed by atoms with van der Waals surface area (Å²) in [6.07, 6.45) is 0. The van der Waals surface area contributed by atoms with Crippen molar-refractivity contribution in [1.29, 1.82) is 0 Å². The molecule has 2 rings (SSSR count). The second-order valence-electron chi connectivity index (χ2n) is 4.16. The molecule has 0 saturated carbocycles. The number of rotatable bonds is 3. The summed E-state index contributed by atoms with van der Waals surface area (Å²) in [7, 11) is 0. The number of halogens is 1. The van der Waals surface area contributed by atoms with E-state index in [0.29, 0.717) is 23.5 Å². The van der Waals surface area contributed by atoms with Gasteiger partial charge in [-0.1, -0.05) is 12.1 Å². The van der Waals surface area contributed by atoms with Crippen LogP contribution in [0.25, 0.3) is 0 Å². The van der Waals surface area contributed by atoms with Crippen molar-refractivity contribution in [2.24, 2.45) is 0 Å². The lowest BCUT2D eigenvalue weighted by atomic mass is 10.1. The largest absolute Gasteiger partial charge is 0.399 e. The zero-order chi connectivity index (χ0) is 13.8. The van der Waals surface area contributed by atoms with E-state index in [1.807, 2.05) is 0 Å². The number of nitrogens with two attached hydrogens (primary N) is 2. The second kappa shape index (κ2) is 5.39. The Morgan fingerprint density at radius 2 is 1.79 bits per heavy atom. The topological polar surface area (TPSA) is 81.1 Å². The molecule has 0 aliphatic heterocycles. The molecule has 19 heavy (non-hydrogen) atoms. The monoisotopic (exact) mass is 259 g/mol. The van der Waals surface area contributed by atoms with Gasteiger partial charge in [-0.05, 0) is 35.9 Å². The smallest absolute Gasteiger partial charge is 0.253 e. The van der Waals surface area contributed by atoms with Crippen LogP contribution in [0.15, 0.2) is 42.5 Å². The molecule has 98 valence electrons. The normalized spacial score (nSPS) is 10.2. The zero-order valence-corrected chi connectivity index (χ0v) is 10.2. The molecule has 0 aliphatic carbocycles. The van der Waals surface area contributed by atoms with E-state index in [1.54, 1.807) is 24.3 Å². The van der Waals surface area contributed by atoms with Gasteiger partial charge in [0.05, 0.1) is 5.56 Å². The molecule has 0 spiro atoms. The Bertz CT molecular complexity index is 596. The van der Waals surface area contributed by atoms with Gasteiger partial charge in [-0.25, -0.2) is 4.39 Å². The SMILES string of the molecule is Nc1ccc(C(=O)NCc2ccc(F)cc2)c(N)c1. The van der Waals surface area contributed by atoms with Gasteiger partial charge in [0.25, 0.3) is 5.91 Å². The number of hydrogen-bond acceptors (Lipinski definition) is 3. The highest BCUT2D eigenvalue weighted by Crippen LogP contribution is 2.15. The van der Waals surface area contributed by atoms with E-state index in [0.717, 1.165) is 5.56 Å². The Kier molecular flexibility index (Phi) is 3.66. The fraction of sp³-hybridized carbons (Fsp3) is 0.0714. The number of anilines is 2. The lowest BCUT2D eigenvalue weighted by Gasteiger charge is -2.08. The molecule has 0 unspecified atom stereocenters. The summed E-state index contributed by atoms with van der Waals surface area (Å²) in [4.78, 5) is 11.9. The summed E-state index contributed by atoms with van der Waals surface area (Å²) in [5.41, 5.74) is 13.3. The van der Waals surface area contributed by atoms with Gasteiger partial charge < -0.3 is 16.8 Å². The predicted octanol–water partition coefficient (Wildman–Crippen LogP) is 1.92. The van der Waals surface area contributed by atoms with Gasteiger partial charge in [-0.15, -0.1) is 0 Å². The number of carbonyl (C=O) groups is 1. The molecule has 0 radical (unpaired) electrons. The van der Waals surface area contributed by atoms with Crippen molar-refractivity contribution in [3.63, 3.8) is 0 Å². The van der Waals surface area contributed by atoms with Crippen LogP contribution in [-0.2, 0) is 6.54 Å². The van der Waals surface area contributed by atoms with Crippen molar-refractivity contribution in [2.45, 2.75) is 6.54 Å². The minimum atomic E-state index is -0.308. The standard InChI is InChI=1S/C14H14FN3O/c15-10-3-1-9(2-4-10)8-18-14(19)12-6-5-11(16)7-13(12)17/h1-7H,8,16-17H2,(H,18,19). The van der Waals surface area contributed by atoms with Crippen LogP contribution >= 0.6 is 0 Å². The fourth-order valence-electron chi connectivity index (χ4n) is 1.67. The third-order valence-electron chi connectivity index (χ3n) is 2.69. The maximum atomic E-state index is 12.7. The van der Waals surface area contributed by atoms with E-state index < -0.39 is 0 Å². The highest BCUT2D eigenvalue weighted by Gasteiger charge is 2.09. The average Bonchev–Trinajstić information content (AvgIpc) is 2.37. The summed E-state index contributed by atoms with van der Waals surface area (Å²) >= 11 is 0. The van der Waals surface area contributed by atoms with Crippen molar-refractivity contribution in [3.8, 4) is 0 Å². The summed E-state index contributed by atoms with van der Waals surface area (Å²) in [6, 6.07) is 10.6. The van der Waals surface area contributed by atoms with E-state index in [4.69, 9.17) is 11.5 Å². The molecule has 0 heterocycles. The third-order valence-corrected chi connectivity index (χ3v) is 2.69. The molecule has 2 aromatic carbocycles. The first-order valence-corrected chi connectivity index (χ1v) is 5.74. The zero-order valence-electron chi connectivity index (χ0n) is 10.2. The number of amides is 1. The van der Waals surface area contributed by atoms with Crippen molar-refractivity contribution in [3.05, 3.63) is 59.4 Å². The Hall–Kier alpha value is -2.56. The van der Waals surface area contributed by atoms with Gasteiger partial charge in [-0.2, -0.15) is 0 Å². The minimum absolute atomic E-state index is 0.290. The van der Waals surface area contributed by atoms with Crippen LogP contribution in [0.4, 0.5) is 15.8 Å². The van der Waals surface area contributed by atoms with Crippen molar-refractivity contribution < 1.29 is 9.18 Å². The molecule has 5 heteroatoms. The molecule has 0 saturated heterocycles. The molecular weight excluding hydrogens is 245 g/mol. The molecule has 0 bridgehead atoms. The lowest BCUT2D eigenvalue weighted by Crippen LogP contribution is -2.23. The number of nitrogen functional groups attached to an aromatic ring is 2. The van der Waals surface area contributed by atoms with E-state index in [1.165, 1.54) is 18.2 Å². The lowest BCUT2D eigenvalue weighted by molar-refractivity contribution is 0.0952. The highest BCUT2D eigenvalue weighted by molar-refractivity contribution is 5.99. The number of carbonyl (C=O) groups excluding carboxylic acids is 1. The Morgan fingerprint density at radius 1 is 1.11 bits per heavy atom. The Morgan fingerprint density at radius 3 is 2.42 bits per heavy atom. The van der Waals surface area contributed by atoms with E-state index in [9.17, 15) is 9.18 Å². The van der Waals surface area contributed by atoms with E-state index in [-0.39, 0.29) is 11.7 Å². The van der Waals surface area contributed by atoms with Gasteiger partial charge in [-0.3, -0.25) is 4.79 Å². The maximum Gasteiger partial charge on any atom is 0.253 e. The maximum absolute atomic E-state index is 12.7. The minimum Gasteiger partial charge on any atom is -0.399 e. The first-order chi connectivity index (χ1) is 9.06. The average molecular weight is 259 g/mol.